The van der Waals surface area contributed by atoms with Crippen LogP contribution in [0.1, 0.15) is 28.0 Å². The van der Waals surface area contributed by atoms with Gasteiger partial charge in [-0.25, -0.2) is 4.98 Å². The van der Waals surface area contributed by atoms with E-state index >= 15 is 0 Å². The van der Waals surface area contributed by atoms with E-state index in [-0.39, 0.29) is 18.4 Å². The standard InChI is InChI=1S/C21H22F3N5O2/c1-27-10-18(26-13-27)19(31)29-9-15-8-28(5-4-20(15,11-29)12-30)16-3-2-14(7-25)17(6-16)21(22,23)24/h2-3,6,10,13,15,30H,4-5,8-9,11-12H2,1H3/t15-,20+/m1/s1. The number of alkyl halides is 3. The maximum atomic E-state index is 13.4. The van der Waals surface area contributed by atoms with Gasteiger partial charge in [0.25, 0.3) is 5.91 Å². The highest BCUT2D eigenvalue weighted by Crippen LogP contribution is 2.44. The van der Waals surface area contributed by atoms with Gasteiger partial charge < -0.3 is 19.5 Å². The summed E-state index contributed by atoms with van der Waals surface area (Å²) in [5, 5.41) is 19.2. The Hall–Kier alpha value is -3.06. The molecule has 7 nitrogen and oxygen atoms in total. The molecule has 2 aliphatic heterocycles. The third-order valence-electron chi connectivity index (χ3n) is 6.45. The molecule has 4 rings (SSSR count). The van der Waals surface area contributed by atoms with Crippen molar-refractivity contribution in [2.75, 3.05) is 37.7 Å². The number of likely N-dealkylation sites (tertiary alicyclic amines) is 1. The largest absolute Gasteiger partial charge is 0.417 e. The van der Waals surface area contributed by atoms with E-state index in [0.717, 1.165) is 6.07 Å². The smallest absolute Gasteiger partial charge is 0.396 e. The van der Waals surface area contributed by atoms with Crippen molar-refractivity contribution in [1.82, 2.24) is 14.5 Å². The number of hydrogen-bond acceptors (Lipinski definition) is 5. The molecule has 0 aliphatic carbocycles. The van der Waals surface area contributed by atoms with Gasteiger partial charge >= 0.3 is 6.18 Å². The van der Waals surface area contributed by atoms with Crippen molar-refractivity contribution in [3.63, 3.8) is 0 Å². The summed E-state index contributed by atoms with van der Waals surface area (Å²) in [6, 6.07) is 5.32. The Morgan fingerprint density at radius 1 is 1.39 bits per heavy atom. The van der Waals surface area contributed by atoms with Crippen LogP contribution in [0.3, 0.4) is 0 Å². The number of nitriles is 1. The minimum Gasteiger partial charge on any atom is -0.396 e. The summed E-state index contributed by atoms with van der Waals surface area (Å²) in [5.74, 6) is -0.309. The van der Waals surface area contributed by atoms with Gasteiger partial charge in [-0.05, 0) is 24.6 Å². The van der Waals surface area contributed by atoms with Gasteiger partial charge in [0.15, 0.2) is 0 Å². The predicted octanol–water partition coefficient (Wildman–Crippen LogP) is 2.27. The number of aromatic nitrogens is 2. The van der Waals surface area contributed by atoms with Gasteiger partial charge in [-0.2, -0.15) is 18.4 Å². The molecule has 31 heavy (non-hydrogen) atoms. The van der Waals surface area contributed by atoms with Gasteiger partial charge in [0, 0.05) is 56.4 Å². The number of aryl methyl sites for hydroxylation is 1. The average molecular weight is 433 g/mol. The number of fused-ring (bicyclic) bond motifs is 1. The van der Waals surface area contributed by atoms with E-state index in [4.69, 9.17) is 5.26 Å². The molecule has 1 amide bonds. The Labute approximate surface area is 177 Å². The third-order valence-corrected chi connectivity index (χ3v) is 6.45. The van der Waals surface area contributed by atoms with E-state index in [1.807, 2.05) is 4.90 Å². The molecule has 0 radical (unpaired) electrons. The number of nitrogens with zero attached hydrogens (tertiary/aromatic N) is 5. The maximum Gasteiger partial charge on any atom is 0.417 e. The van der Waals surface area contributed by atoms with Crippen LogP contribution < -0.4 is 4.90 Å². The summed E-state index contributed by atoms with van der Waals surface area (Å²) in [4.78, 5) is 20.5. The third kappa shape index (κ3) is 3.74. The fourth-order valence-electron chi connectivity index (χ4n) is 4.68. The molecule has 164 valence electrons. The number of rotatable bonds is 3. The van der Waals surface area contributed by atoms with Crippen molar-refractivity contribution in [2.45, 2.75) is 12.6 Å². The zero-order valence-electron chi connectivity index (χ0n) is 16.9. The van der Waals surface area contributed by atoms with Gasteiger partial charge in [0.05, 0.1) is 30.1 Å². The van der Waals surface area contributed by atoms with Crippen molar-refractivity contribution < 1.29 is 23.1 Å². The normalized spacial score (nSPS) is 23.5. The Morgan fingerprint density at radius 2 is 2.16 bits per heavy atom. The molecule has 2 atom stereocenters. The lowest BCUT2D eigenvalue weighted by Gasteiger charge is -2.43. The van der Waals surface area contributed by atoms with E-state index in [2.05, 4.69) is 4.98 Å². The van der Waals surface area contributed by atoms with E-state index in [1.54, 1.807) is 35.1 Å². The summed E-state index contributed by atoms with van der Waals surface area (Å²) in [6.07, 6.45) is -0.896. The first kappa shape index (κ1) is 21.2. The number of carbonyl (C=O) groups excluding carboxylic acids is 1. The Kier molecular flexibility index (Phi) is 5.17. The molecule has 3 heterocycles. The second-order valence-electron chi connectivity index (χ2n) is 8.36. The zero-order chi connectivity index (χ0) is 22.4. The fourth-order valence-corrected chi connectivity index (χ4v) is 4.68. The number of piperidine rings is 1. The summed E-state index contributed by atoms with van der Waals surface area (Å²) >= 11 is 0. The first-order valence-electron chi connectivity index (χ1n) is 9.91. The van der Waals surface area contributed by atoms with Crippen LogP contribution in [0.15, 0.2) is 30.7 Å². The lowest BCUT2D eigenvalue weighted by Crippen LogP contribution is -2.49. The van der Waals surface area contributed by atoms with Crippen LogP contribution >= 0.6 is 0 Å². The molecule has 1 aromatic carbocycles. The van der Waals surface area contributed by atoms with Gasteiger partial charge in [-0.1, -0.05) is 0 Å². The van der Waals surface area contributed by atoms with Crippen molar-refractivity contribution in [1.29, 1.82) is 5.26 Å². The monoisotopic (exact) mass is 433 g/mol. The molecule has 0 unspecified atom stereocenters. The van der Waals surface area contributed by atoms with Gasteiger partial charge in [0.1, 0.15) is 5.69 Å². The minimum absolute atomic E-state index is 0.0936. The number of anilines is 1. The lowest BCUT2D eigenvalue weighted by atomic mass is 9.73. The molecule has 10 heteroatoms. The number of benzene rings is 1. The first-order valence-corrected chi connectivity index (χ1v) is 9.91. The number of carbonyl (C=O) groups is 1. The molecule has 1 N–H and O–H groups in total. The first-order chi connectivity index (χ1) is 14.7. The molecular formula is C21H22F3N5O2. The van der Waals surface area contributed by atoms with E-state index in [0.29, 0.717) is 44.0 Å². The van der Waals surface area contributed by atoms with Crippen LogP contribution in [0.4, 0.5) is 18.9 Å². The van der Waals surface area contributed by atoms with E-state index in [1.165, 1.54) is 12.1 Å². The van der Waals surface area contributed by atoms with Crippen molar-refractivity contribution in [2.24, 2.45) is 18.4 Å². The van der Waals surface area contributed by atoms with Gasteiger partial charge in [-0.3, -0.25) is 4.79 Å². The molecule has 2 saturated heterocycles. The number of halogens is 3. The van der Waals surface area contributed by atoms with E-state index in [9.17, 15) is 23.1 Å². The van der Waals surface area contributed by atoms with Crippen LogP contribution in [0, 0.1) is 22.7 Å². The Balaban J connectivity index is 1.57. The van der Waals surface area contributed by atoms with Crippen LogP contribution in [-0.4, -0.2) is 58.3 Å². The Morgan fingerprint density at radius 3 is 2.77 bits per heavy atom. The second kappa shape index (κ2) is 7.57. The number of aliphatic hydroxyl groups is 1. The molecule has 2 fully saturated rings. The molecule has 0 bridgehead atoms. The maximum absolute atomic E-state index is 13.4. The van der Waals surface area contributed by atoms with Gasteiger partial charge in [0.2, 0.25) is 0 Å². The molecule has 0 spiro atoms. The van der Waals surface area contributed by atoms with Crippen LogP contribution in [0.2, 0.25) is 0 Å². The Bertz CT molecular complexity index is 1040. The summed E-state index contributed by atoms with van der Waals surface area (Å²) in [5.41, 5.74) is -1.14. The van der Waals surface area contributed by atoms with Crippen LogP contribution in [0.25, 0.3) is 0 Å². The topological polar surface area (TPSA) is 85.4 Å². The molecule has 2 aliphatic rings. The highest BCUT2D eigenvalue weighted by Gasteiger charge is 2.50. The molecule has 0 saturated carbocycles. The van der Waals surface area contributed by atoms with Crippen LogP contribution in [0.5, 0.6) is 0 Å². The zero-order valence-corrected chi connectivity index (χ0v) is 16.9. The second-order valence-corrected chi connectivity index (χ2v) is 8.36. The molecule has 1 aromatic heterocycles. The summed E-state index contributed by atoms with van der Waals surface area (Å²) in [7, 11) is 1.77. The SMILES string of the molecule is Cn1cnc(C(=O)N2C[C@H]3CN(c4ccc(C#N)c(C(F)(F)F)c4)CC[C@@]3(CO)C2)c1. The molecule has 2 aromatic rings. The lowest BCUT2D eigenvalue weighted by molar-refractivity contribution is -0.137. The van der Waals surface area contributed by atoms with Crippen molar-refractivity contribution in [3.05, 3.63) is 47.5 Å². The minimum atomic E-state index is -4.62. The van der Waals surface area contributed by atoms with E-state index < -0.39 is 22.7 Å². The highest BCUT2D eigenvalue weighted by atomic mass is 19.4. The number of hydrogen-bond donors (Lipinski definition) is 1. The highest BCUT2D eigenvalue weighted by molar-refractivity contribution is 5.92. The average Bonchev–Trinajstić information content (AvgIpc) is 3.35. The van der Waals surface area contributed by atoms with Crippen molar-refractivity contribution in [3.8, 4) is 6.07 Å². The number of amides is 1. The predicted molar refractivity (Wildman–Crippen MR) is 105 cm³/mol. The van der Waals surface area contributed by atoms with Gasteiger partial charge in [-0.15, -0.1) is 0 Å². The molecular weight excluding hydrogens is 411 g/mol. The quantitative estimate of drug-likeness (QED) is 0.803. The summed E-state index contributed by atoms with van der Waals surface area (Å²) < 4.78 is 41.8. The van der Waals surface area contributed by atoms with Crippen LogP contribution in [-0.2, 0) is 13.2 Å². The summed E-state index contributed by atoms with van der Waals surface area (Å²) in [6.45, 7) is 1.55. The fraction of sp³-hybridized carbons (Fsp3) is 0.476. The van der Waals surface area contributed by atoms with Crippen molar-refractivity contribution >= 4 is 11.6 Å². The number of imidazole rings is 1. The number of aliphatic hydroxyl groups excluding tert-OH is 1.